The van der Waals surface area contributed by atoms with Crippen molar-refractivity contribution in [3.8, 4) is 0 Å². The first-order valence-corrected chi connectivity index (χ1v) is 6.21. The SMILES string of the molecule is CCN1CCN(c2c(F)cccc2CN)CC1. The molecule has 0 atom stereocenters. The molecule has 0 radical (unpaired) electrons. The fourth-order valence-corrected chi connectivity index (χ4v) is 2.37. The normalized spacial score (nSPS) is 17.5. The lowest BCUT2D eigenvalue weighted by atomic mass is 10.1. The summed E-state index contributed by atoms with van der Waals surface area (Å²) in [7, 11) is 0. The molecule has 2 N–H and O–H groups in total. The molecule has 0 aromatic heterocycles. The van der Waals surface area contributed by atoms with Gasteiger partial charge in [-0.05, 0) is 18.2 Å². The fraction of sp³-hybridized carbons (Fsp3) is 0.538. The molecule has 0 saturated carbocycles. The van der Waals surface area contributed by atoms with Crippen LogP contribution in [0.25, 0.3) is 0 Å². The standard InChI is InChI=1S/C13H20FN3/c1-2-16-6-8-17(9-7-16)13-11(10-15)4-3-5-12(13)14/h3-5H,2,6-10,15H2,1H3. The Kier molecular flexibility index (Phi) is 3.97. The monoisotopic (exact) mass is 237 g/mol. The summed E-state index contributed by atoms with van der Waals surface area (Å²) >= 11 is 0. The molecule has 4 heteroatoms. The summed E-state index contributed by atoms with van der Waals surface area (Å²) in [5.74, 6) is -0.155. The van der Waals surface area contributed by atoms with Crippen LogP contribution < -0.4 is 10.6 Å². The van der Waals surface area contributed by atoms with E-state index in [0.29, 0.717) is 12.2 Å². The Hall–Kier alpha value is -1.13. The number of halogens is 1. The molecule has 0 spiro atoms. The van der Waals surface area contributed by atoms with Gasteiger partial charge in [-0.15, -0.1) is 0 Å². The van der Waals surface area contributed by atoms with E-state index in [0.717, 1.165) is 38.3 Å². The van der Waals surface area contributed by atoms with E-state index in [9.17, 15) is 4.39 Å². The molecule has 2 rings (SSSR count). The number of hydrogen-bond acceptors (Lipinski definition) is 3. The Labute approximate surface area is 102 Å². The highest BCUT2D eigenvalue weighted by Gasteiger charge is 2.20. The largest absolute Gasteiger partial charge is 0.366 e. The summed E-state index contributed by atoms with van der Waals surface area (Å²) in [5.41, 5.74) is 7.27. The van der Waals surface area contributed by atoms with Crippen LogP contribution >= 0.6 is 0 Å². The molecule has 0 unspecified atom stereocenters. The van der Waals surface area contributed by atoms with Crippen LogP contribution in [-0.4, -0.2) is 37.6 Å². The molecule has 1 aromatic carbocycles. The zero-order valence-electron chi connectivity index (χ0n) is 10.3. The molecule has 0 bridgehead atoms. The molecule has 94 valence electrons. The van der Waals surface area contributed by atoms with Crippen LogP contribution in [0.2, 0.25) is 0 Å². The molecule has 0 amide bonds. The maximum absolute atomic E-state index is 13.9. The highest BCUT2D eigenvalue weighted by molar-refractivity contribution is 5.55. The number of nitrogens with two attached hydrogens (primary N) is 1. The van der Waals surface area contributed by atoms with Crippen LogP contribution in [-0.2, 0) is 6.54 Å². The van der Waals surface area contributed by atoms with E-state index in [1.54, 1.807) is 6.07 Å². The number of benzene rings is 1. The van der Waals surface area contributed by atoms with Crippen LogP contribution in [0.15, 0.2) is 18.2 Å². The Balaban J connectivity index is 2.17. The second-order valence-corrected chi connectivity index (χ2v) is 4.37. The Morgan fingerprint density at radius 2 is 1.94 bits per heavy atom. The molecule has 3 nitrogen and oxygen atoms in total. The molecular formula is C13H20FN3. The second-order valence-electron chi connectivity index (χ2n) is 4.37. The van der Waals surface area contributed by atoms with Gasteiger partial charge in [-0.3, -0.25) is 0 Å². The zero-order valence-corrected chi connectivity index (χ0v) is 10.3. The molecule has 1 aliphatic heterocycles. The van der Waals surface area contributed by atoms with Gasteiger partial charge in [0.25, 0.3) is 0 Å². The molecule has 1 aromatic rings. The van der Waals surface area contributed by atoms with Gasteiger partial charge in [0.05, 0.1) is 5.69 Å². The second kappa shape index (κ2) is 5.47. The van der Waals surface area contributed by atoms with Gasteiger partial charge in [0, 0.05) is 32.7 Å². The van der Waals surface area contributed by atoms with Crippen molar-refractivity contribution in [1.82, 2.24) is 4.90 Å². The van der Waals surface area contributed by atoms with Crippen molar-refractivity contribution in [2.45, 2.75) is 13.5 Å². The van der Waals surface area contributed by atoms with Gasteiger partial charge in [-0.2, -0.15) is 0 Å². The van der Waals surface area contributed by atoms with Crippen molar-refractivity contribution in [3.05, 3.63) is 29.6 Å². The predicted octanol–water partition coefficient (Wildman–Crippen LogP) is 1.43. The third-order valence-corrected chi connectivity index (χ3v) is 3.43. The van der Waals surface area contributed by atoms with Crippen LogP contribution in [0.4, 0.5) is 10.1 Å². The van der Waals surface area contributed by atoms with Gasteiger partial charge in [0.1, 0.15) is 5.82 Å². The molecule has 1 aliphatic rings. The average Bonchev–Trinajstić information content (AvgIpc) is 2.38. The third kappa shape index (κ3) is 2.58. The number of hydrogen-bond donors (Lipinski definition) is 1. The van der Waals surface area contributed by atoms with Crippen LogP contribution in [0.1, 0.15) is 12.5 Å². The van der Waals surface area contributed by atoms with Crippen LogP contribution in [0.5, 0.6) is 0 Å². The first-order chi connectivity index (χ1) is 8.26. The van der Waals surface area contributed by atoms with Gasteiger partial charge in [0.15, 0.2) is 0 Å². The van der Waals surface area contributed by atoms with Gasteiger partial charge in [-0.25, -0.2) is 4.39 Å². The Morgan fingerprint density at radius 3 is 2.53 bits per heavy atom. The highest BCUT2D eigenvalue weighted by atomic mass is 19.1. The molecule has 0 aliphatic carbocycles. The van der Waals surface area contributed by atoms with Gasteiger partial charge in [0.2, 0.25) is 0 Å². The Morgan fingerprint density at radius 1 is 1.24 bits per heavy atom. The van der Waals surface area contributed by atoms with Crippen molar-refractivity contribution in [2.24, 2.45) is 5.73 Å². The number of likely N-dealkylation sites (N-methyl/N-ethyl adjacent to an activating group) is 1. The van der Waals surface area contributed by atoms with E-state index in [2.05, 4.69) is 16.7 Å². The van der Waals surface area contributed by atoms with Crippen LogP contribution in [0, 0.1) is 5.82 Å². The van der Waals surface area contributed by atoms with Crippen molar-refractivity contribution >= 4 is 5.69 Å². The number of para-hydroxylation sites is 1. The topological polar surface area (TPSA) is 32.5 Å². The molecular weight excluding hydrogens is 217 g/mol. The van der Waals surface area contributed by atoms with E-state index < -0.39 is 0 Å². The van der Waals surface area contributed by atoms with E-state index in [1.165, 1.54) is 6.07 Å². The van der Waals surface area contributed by atoms with E-state index in [4.69, 9.17) is 5.73 Å². The first kappa shape index (κ1) is 12.3. The zero-order chi connectivity index (χ0) is 12.3. The minimum absolute atomic E-state index is 0.155. The smallest absolute Gasteiger partial charge is 0.146 e. The van der Waals surface area contributed by atoms with E-state index in [1.807, 2.05) is 6.07 Å². The lowest BCUT2D eigenvalue weighted by Gasteiger charge is -2.36. The summed E-state index contributed by atoms with van der Waals surface area (Å²) in [4.78, 5) is 4.49. The quantitative estimate of drug-likeness (QED) is 0.863. The summed E-state index contributed by atoms with van der Waals surface area (Å²) in [5, 5.41) is 0. The first-order valence-electron chi connectivity index (χ1n) is 6.21. The van der Waals surface area contributed by atoms with E-state index in [-0.39, 0.29) is 5.82 Å². The van der Waals surface area contributed by atoms with Crippen LogP contribution in [0.3, 0.4) is 0 Å². The number of nitrogens with zero attached hydrogens (tertiary/aromatic N) is 2. The fourth-order valence-electron chi connectivity index (χ4n) is 2.37. The van der Waals surface area contributed by atoms with Crippen molar-refractivity contribution < 1.29 is 4.39 Å². The maximum atomic E-state index is 13.9. The summed E-state index contributed by atoms with van der Waals surface area (Å²) in [6.07, 6.45) is 0. The number of anilines is 1. The van der Waals surface area contributed by atoms with E-state index >= 15 is 0 Å². The Bertz CT molecular complexity index is 373. The highest BCUT2D eigenvalue weighted by Crippen LogP contribution is 2.25. The maximum Gasteiger partial charge on any atom is 0.146 e. The van der Waals surface area contributed by atoms with Crippen molar-refractivity contribution in [3.63, 3.8) is 0 Å². The summed E-state index contributed by atoms with van der Waals surface area (Å²) in [6, 6.07) is 5.15. The van der Waals surface area contributed by atoms with Crippen molar-refractivity contribution in [1.29, 1.82) is 0 Å². The number of rotatable bonds is 3. The van der Waals surface area contributed by atoms with Crippen molar-refractivity contribution in [2.75, 3.05) is 37.6 Å². The van der Waals surface area contributed by atoms with Gasteiger partial charge < -0.3 is 15.5 Å². The summed E-state index contributed by atoms with van der Waals surface area (Å²) < 4.78 is 13.9. The average molecular weight is 237 g/mol. The predicted molar refractivity (Wildman–Crippen MR) is 68.6 cm³/mol. The number of piperazine rings is 1. The molecule has 1 heterocycles. The third-order valence-electron chi connectivity index (χ3n) is 3.43. The minimum atomic E-state index is -0.155. The molecule has 1 fully saturated rings. The molecule has 17 heavy (non-hydrogen) atoms. The molecule has 1 saturated heterocycles. The van der Waals surface area contributed by atoms with Gasteiger partial charge in [-0.1, -0.05) is 19.1 Å². The van der Waals surface area contributed by atoms with Gasteiger partial charge >= 0.3 is 0 Å². The minimum Gasteiger partial charge on any atom is -0.366 e. The summed E-state index contributed by atoms with van der Waals surface area (Å²) in [6.45, 7) is 7.35. The lowest BCUT2D eigenvalue weighted by Crippen LogP contribution is -2.46. The lowest BCUT2D eigenvalue weighted by molar-refractivity contribution is 0.270.